The van der Waals surface area contributed by atoms with Crippen LogP contribution in [0.1, 0.15) is 37.7 Å². The summed E-state index contributed by atoms with van der Waals surface area (Å²) in [5.41, 5.74) is 1.73. The highest BCUT2D eigenvalue weighted by molar-refractivity contribution is 5.34. The molecule has 0 atom stereocenters. The van der Waals surface area contributed by atoms with Gasteiger partial charge in [-0.05, 0) is 30.5 Å². The standard InChI is InChI=1S/C23H32N4/c1-3-9-21(10-4-1)19-26-15-17-27(18-16-26)23(12-6-2-7-13-23)20-25-22-11-5-8-14-24-22/h1,3-5,8-11,14H,2,6-7,12-13,15-20H2,(H,24,25). The first-order valence-corrected chi connectivity index (χ1v) is 10.5. The van der Waals surface area contributed by atoms with Gasteiger partial charge in [0, 0.05) is 51.0 Å². The molecule has 2 fully saturated rings. The number of benzene rings is 1. The lowest BCUT2D eigenvalue weighted by molar-refractivity contribution is 0.0134. The van der Waals surface area contributed by atoms with Crippen molar-refractivity contribution < 1.29 is 0 Å². The molecule has 4 rings (SSSR count). The third-order valence-electron chi connectivity index (χ3n) is 6.34. The maximum absolute atomic E-state index is 4.46. The topological polar surface area (TPSA) is 31.4 Å². The van der Waals surface area contributed by atoms with Crippen molar-refractivity contribution in [2.45, 2.75) is 44.2 Å². The summed E-state index contributed by atoms with van der Waals surface area (Å²) in [6, 6.07) is 17.0. The van der Waals surface area contributed by atoms with E-state index in [-0.39, 0.29) is 0 Å². The number of pyridine rings is 1. The highest BCUT2D eigenvalue weighted by atomic mass is 15.3. The molecule has 1 aliphatic carbocycles. The van der Waals surface area contributed by atoms with E-state index in [4.69, 9.17) is 0 Å². The van der Waals surface area contributed by atoms with Crippen LogP contribution in [0.3, 0.4) is 0 Å². The van der Waals surface area contributed by atoms with Crippen molar-refractivity contribution >= 4 is 5.82 Å². The van der Waals surface area contributed by atoms with E-state index in [1.54, 1.807) is 0 Å². The Bertz CT molecular complexity index is 674. The Hall–Kier alpha value is -1.91. The second-order valence-electron chi connectivity index (χ2n) is 8.10. The van der Waals surface area contributed by atoms with Crippen LogP contribution in [0, 0.1) is 0 Å². The molecule has 0 bridgehead atoms. The van der Waals surface area contributed by atoms with Crippen LogP contribution in [0.15, 0.2) is 54.7 Å². The van der Waals surface area contributed by atoms with Gasteiger partial charge in [0.1, 0.15) is 5.82 Å². The van der Waals surface area contributed by atoms with Crippen LogP contribution in [0.5, 0.6) is 0 Å². The van der Waals surface area contributed by atoms with Crippen molar-refractivity contribution in [3.8, 4) is 0 Å². The number of hydrogen-bond donors (Lipinski definition) is 1. The lowest BCUT2D eigenvalue weighted by Crippen LogP contribution is -2.60. The van der Waals surface area contributed by atoms with Crippen molar-refractivity contribution in [2.75, 3.05) is 38.0 Å². The molecule has 0 amide bonds. The molecule has 0 radical (unpaired) electrons. The highest BCUT2D eigenvalue weighted by Crippen LogP contribution is 2.34. The molecule has 1 N–H and O–H groups in total. The number of nitrogens with zero attached hydrogens (tertiary/aromatic N) is 3. The fraction of sp³-hybridized carbons (Fsp3) is 0.522. The maximum Gasteiger partial charge on any atom is 0.125 e. The number of piperazine rings is 1. The third-order valence-corrected chi connectivity index (χ3v) is 6.34. The van der Waals surface area contributed by atoms with Crippen LogP contribution < -0.4 is 5.32 Å². The molecule has 1 saturated carbocycles. The number of rotatable bonds is 6. The van der Waals surface area contributed by atoms with Gasteiger partial charge in [0.15, 0.2) is 0 Å². The van der Waals surface area contributed by atoms with E-state index in [2.05, 4.69) is 62.6 Å². The Labute approximate surface area is 163 Å². The van der Waals surface area contributed by atoms with Gasteiger partial charge in [-0.25, -0.2) is 4.98 Å². The van der Waals surface area contributed by atoms with Crippen LogP contribution in [-0.2, 0) is 6.54 Å². The molecular formula is C23H32N4. The van der Waals surface area contributed by atoms with Gasteiger partial charge in [0.2, 0.25) is 0 Å². The zero-order valence-corrected chi connectivity index (χ0v) is 16.3. The molecule has 2 aliphatic rings. The van der Waals surface area contributed by atoms with E-state index in [0.717, 1.165) is 18.9 Å². The third kappa shape index (κ3) is 4.69. The highest BCUT2D eigenvalue weighted by Gasteiger charge is 2.39. The van der Waals surface area contributed by atoms with Gasteiger partial charge in [0.25, 0.3) is 0 Å². The summed E-state index contributed by atoms with van der Waals surface area (Å²) in [5.74, 6) is 1.00. The predicted octanol–water partition coefficient (Wildman–Crippen LogP) is 4.01. The minimum absolute atomic E-state index is 0.300. The van der Waals surface area contributed by atoms with Gasteiger partial charge < -0.3 is 5.32 Å². The summed E-state index contributed by atoms with van der Waals surface area (Å²) in [4.78, 5) is 9.85. The van der Waals surface area contributed by atoms with Crippen molar-refractivity contribution in [1.29, 1.82) is 0 Å². The van der Waals surface area contributed by atoms with Crippen molar-refractivity contribution in [3.63, 3.8) is 0 Å². The first-order chi connectivity index (χ1) is 13.3. The van der Waals surface area contributed by atoms with Gasteiger partial charge >= 0.3 is 0 Å². The van der Waals surface area contributed by atoms with Crippen LogP contribution in [-0.4, -0.2) is 53.0 Å². The SMILES string of the molecule is c1ccc(CN2CCN(C3(CNc4ccccn4)CCCCC3)CC2)cc1. The second-order valence-corrected chi connectivity index (χ2v) is 8.10. The van der Waals surface area contributed by atoms with Crippen LogP contribution in [0.2, 0.25) is 0 Å². The molecule has 2 heterocycles. The van der Waals surface area contributed by atoms with E-state index >= 15 is 0 Å². The van der Waals surface area contributed by atoms with Gasteiger partial charge in [0.05, 0.1) is 0 Å². The smallest absolute Gasteiger partial charge is 0.125 e. The first kappa shape index (κ1) is 18.5. The molecule has 1 saturated heterocycles. The minimum atomic E-state index is 0.300. The Morgan fingerprint density at radius 1 is 0.852 bits per heavy atom. The number of anilines is 1. The molecule has 1 aromatic carbocycles. The maximum atomic E-state index is 4.46. The fourth-order valence-corrected chi connectivity index (χ4v) is 4.76. The zero-order valence-electron chi connectivity index (χ0n) is 16.3. The monoisotopic (exact) mass is 364 g/mol. The molecule has 0 spiro atoms. The van der Waals surface area contributed by atoms with E-state index < -0.39 is 0 Å². The Morgan fingerprint density at radius 2 is 1.59 bits per heavy atom. The Balaban J connectivity index is 1.36. The predicted molar refractivity (Wildman–Crippen MR) is 112 cm³/mol. The quantitative estimate of drug-likeness (QED) is 0.839. The van der Waals surface area contributed by atoms with Crippen LogP contribution >= 0.6 is 0 Å². The van der Waals surface area contributed by atoms with Crippen LogP contribution in [0.25, 0.3) is 0 Å². The summed E-state index contributed by atoms with van der Waals surface area (Å²) < 4.78 is 0. The second kappa shape index (κ2) is 8.85. The summed E-state index contributed by atoms with van der Waals surface area (Å²) in [7, 11) is 0. The van der Waals surface area contributed by atoms with Crippen molar-refractivity contribution in [1.82, 2.24) is 14.8 Å². The summed E-state index contributed by atoms with van der Waals surface area (Å²) in [6.07, 6.45) is 8.59. The first-order valence-electron chi connectivity index (χ1n) is 10.5. The molecule has 1 aliphatic heterocycles. The molecule has 4 nitrogen and oxygen atoms in total. The average molecular weight is 365 g/mol. The molecule has 0 unspecified atom stereocenters. The van der Waals surface area contributed by atoms with E-state index in [1.807, 2.05) is 12.3 Å². The van der Waals surface area contributed by atoms with Crippen molar-refractivity contribution in [2.24, 2.45) is 0 Å². The molecule has 4 heteroatoms. The summed E-state index contributed by atoms with van der Waals surface area (Å²) in [6.45, 7) is 6.78. The fourth-order valence-electron chi connectivity index (χ4n) is 4.76. The minimum Gasteiger partial charge on any atom is -0.368 e. The molecule has 2 aromatic rings. The van der Waals surface area contributed by atoms with Crippen molar-refractivity contribution in [3.05, 3.63) is 60.3 Å². The lowest BCUT2D eigenvalue weighted by Gasteiger charge is -2.50. The Morgan fingerprint density at radius 3 is 2.30 bits per heavy atom. The summed E-state index contributed by atoms with van der Waals surface area (Å²) in [5, 5.41) is 3.64. The van der Waals surface area contributed by atoms with Crippen LogP contribution in [0.4, 0.5) is 5.82 Å². The number of aromatic nitrogens is 1. The van der Waals surface area contributed by atoms with Gasteiger partial charge in [-0.1, -0.05) is 55.7 Å². The zero-order chi connectivity index (χ0) is 18.4. The number of hydrogen-bond acceptors (Lipinski definition) is 4. The lowest BCUT2D eigenvalue weighted by atomic mass is 9.79. The summed E-state index contributed by atoms with van der Waals surface area (Å²) >= 11 is 0. The molecule has 27 heavy (non-hydrogen) atoms. The van der Waals surface area contributed by atoms with E-state index in [9.17, 15) is 0 Å². The van der Waals surface area contributed by atoms with Gasteiger partial charge in [-0.2, -0.15) is 0 Å². The molecule has 1 aromatic heterocycles. The molecular weight excluding hydrogens is 332 g/mol. The normalized spacial score (nSPS) is 21.0. The molecule has 144 valence electrons. The van der Waals surface area contributed by atoms with Gasteiger partial charge in [-0.3, -0.25) is 9.80 Å². The largest absolute Gasteiger partial charge is 0.368 e. The average Bonchev–Trinajstić information content (AvgIpc) is 2.75. The van der Waals surface area contributed by atoms with E-state index in [1.165, 1.54) is 63.8 Å². The Kier molecular flexibility index (Phi) is 6.05. The van der Waals surface area contributed by atoms with E-state index in [0.29, 0.717) is 5.54 Å². The van der Waals surface area contributed by atoms with Gasteiger partial charge in [-0.15, -0.1) is 0 Å². The number of nitrogens with one attached hydrogen (secondary N) is 1.